The van der Waals surface area contributed by atoms with Crippen molar-refractivity contribution < 1.29 is 14.0 Å². The second-order valence-corrected chi connectivity index (χ2v) is 8.61. The van der Waals surface area contributed by atoms with E-state index in [1.807, 2.05) is 36.4 Å². The molecule has 2 amide bonds. The SMILES string of the molecule is O=C1C2SC(c3ccccc3)=CC(c3ccco3)C2C(=O)N1c1ccc(Cl)cc1. The van der Waals surface area contributed by atoms with Crippen LogP contribution in [-0.4, -0.2) is 17.1 Å². The lowest BCUT2D eigenvalue weighted by molar-refractivity contribution is -0.122. The van der Waals surface area contributed by atoms with Crippen LogP contribution in [0.2, 0.25) is 5.02 Å². The summed E-state index contributed by atoms with van der Waals surface area (Å²) in [5.74, 6) is -0.542. The molecule has 1 saturated heterocycles. The van der Waals surface area contributed by atoms with Crippen LogP contribution < -0.4 is 4.90 Å². The number of allylic oxidation sites excluding steroid dienone is 1. The average molecular weight is 422 g/mol. The first-order valence-electron chi connectivity index (χ1n) is 9.24. The van der Waals surface area contributed by atoms with Crippen molar-refractivity contribution in [3.05, 3.63) is 95.4 Å². The molecule has 0 spiro atoms. The lowest BCUT2D eigenvalue weighted by Gasteiger charge is -2.28. The van der Waals surface area contributed by atoms with E-state index in [0.717, 1.165) is 10.5 Å². The highest BCUT2D eigenvalue weighted by Crippen LogP contribution is 2.51. The second-order valence-electron chi connectivity index (χ2n) is 6.99. The zero-order valence-corrected chi connectivity index (χ0v) is 16.8. The van der Waals surface area contributed by atoms with Gasteiger partial charge in [-0.15, -0.1) is 11.8 Å². The Morgan fingerprint density at radius 2 is 1.66 bits per heavy atom. The van der Waals surface area contributed by atoms with Crippen LogP contribution in [0.15, 0.2) is 83.5 Å². The third-order valence-electron chi connectivity index (χ3n) is 5.28. The van der Waals surface area contributed by atoms with Gasteiger partial charge < -0.3 is 4.42 Å². The first-order chi connectivity index (χ1) is 14.1. The Hall–Kier alpha value is -2.76. The van der Waals surface area contributed by atoms with Crippen molar-refractivity contribution in [1.29, 1.82) is 0 Å². The molecule has 0 radical (unpaired) electrons. The summed E-state index contributed by atoms with van der Waals surface area (Å²) >= 11 is 7.43. The van der Waals surface area contributed by atoms with Gasteiger partial charge in [-0.25, -0.2) is 4.90 Å². The molecule has 0 saturated carbocycles. The molecule has 0 bridgehead atoms. The predicted molar refractivity (Wildman–Crippen MR) is 115 cm³/mol. The molecule has 3 unspecified atom stereocenters. The molecule has 3 atom stereocenters. The quantitative estimate of drug-likeness (QED) is 0.534. The molecule has 144 valence electrons. The maximum Gasteiger partial charge on any atom is 0.248 e. The Morgan fingerprint density at radius 3 is 2.34 bits per heavy atom. The number of benzene rings is 2. The van der Waals surface area contributed by atoms with Crippen LogP contribution in [-0.2, 0) is 9.59 Å². The van der Waals surface area contributed by atoms with E-state index >= 15 is 0 Å². The highest BCUT2D eigenvalue weighted by Gasteiger charge is 2.54. The summed E-state index contributed by atoms with van der Waals surface area (Å²) < 4.78 is 5.65. The first kappa shape index (κ1) is 18.3. The van der Waals surface area contributed by atoms with Crippen LogP contribution in [0.1, 0.15) is 17.2 Å². The van der Waals surface area contributed by atoms with Gasteiger partial charge in [0.1, 0.15) is 11.0 Å². The normalized spacial score (nSPS) is 23.8. The predicted octanol–water partition coefficient (Wildman–Crippen LogP) is 5.36. The van der Waals surface area contributed by atoms with Gasteiger partial charge in [0.05, 0.1) is 17.9 Å². The number of anilines is 1. The molecule has 0 N–H and O–H groups in total. The molecule has 3 heterocycles. The second kappa shape index (κ2) is 7.25. The monoisotopic (exact) mass is 421 g/mol. The number of carbonyl (C=O) groups is 2. The maximum atomic E-state index is 13.4. The summed E-state index contributed by atoms with van der Waals surface area (Å²) in [6.07, 6.45) is 3.65. The minimum absolute atomic E-state index is 0.203. The lowest BCUT2D eigenvalue weighted by atomic mass is 9.87. The van der Waals surface area contributed by atoms with E-state index in [4.69, 9.17) is 16.0 Å². The molecular weight excluding hydrogens is 406 g/mol. The number of nitrogens with zero attached hydrogens (tertiary/aromatic N) is 1. The van der Waals surface area contributed by atoms with Gasteiger partial charge in [-0.2, -0.15) is 0 Å². The Labute approximate surface area is 177 Å². The zero-order valence-electron chi connectivity index (χ0n) is 15.2. The Morgan fingerprint density at radius 1 is 0.897 bits per heavy atom. The average Bonchev–Trinajstić information content (AvgIpc) is 3.37. The summed E-state index contributed by atoms with van der Waals surface area (Å²) in [6.45, 7) is 0. The fourth-order valence-corrected chi connectivity index (χ4v) is 5.46. The van der Waals surface area contributed by atoms with Crippen molar-refractivity contribution in [2.75, 3.05) is 4.90 Å². The molecule has 5 rings (SSSR count). The van der Waals surface area contributed by atoms with E-state index in [-0.39, 0.29) is 17.7 Å². The van der Waals surface area contributed by atoms with E-state index in [9.17, 15) is 9.59 Å². The van der Waals surface area contributed by atoms with Crippen molar-refractivity contribution in [3.63, 3.8) is 0 Å². The minimum Gasteiger partial charge on any atom is -0.469 e. The largest absolute Gasteiger partial charge is 0.469 e. The molecule has 2 aromatic carbocycles. The van der Waals surface area contributed by atoms with Crippen LogP contribution >= 0.6 is 23.4 Å². The van der Waals surface area contributed by atoms with Gasteiger partial charge in [-0.1, -0.05) is 48.0 Å². The number of fused-ring (bicyclic) bond motifs is 1. The number of hydrogen-bond donors (Lipinski definition) is 0. The summed E-state index contributed by atoms with van der Waals surface area (Å²) in [6, 6.07) is 20.3. The van der Waals surface area contributed by atoms with E-state index < -0.39 is 11.2 Å². The Bertz CT molecular complexity index is 1090. The van der Waals surface area contributed by atoms with Crippen molar-refractivity contribution in [1.82, 2.24) is 0 Å². The summed E-state index contributed by atoms with van der Waals surface area (Å²) in [5, 5.41) is 0.0506. The molecule has 2 aliphatic heterocycles. The van der Waals surface area contributed by atoms with Crippen molar-refractivity contribution >= 4 is 45.8 Å². The first-order valence-corrected chi connectivity index (χ1v) is 10.5. The minimum atomic E-state index is -0.512. The topological polar surface area (TPSA) is 50.5 Å². The van der Waals surface area contributed by atoms with Gasteiger partial charge in [0.2, 0.25) is 11.8 Å². The molecule has 29 heavy (non-hydrogen) atoms. The number of hydrogen-bond acceptors (Lipinski definition) is 4. The molecule has 6 heteroatoms. The van der Waals surface area contributed by atoms with Gasteiger partial charge in [0.15, 0.2) is 0 Å². The van der Waals surface area contributed by atoms with E-state index in [1.165, 1.54) is 16.7 Å². The van der Waals surface area contributed by atoms with E-state index in [0.29, 0.717) is 16.5 Å². The number of halogens is 1. The Balaban J connectivity index is 1.59. The van der Waals surface area contributed by atoms with Crippen molar-refractivity contribution in [2.24, 2.45) is 5.92 Å². The highest BCUT2D eigenvalue weighted by atomic mass is 35.5. The molecular formula is C23H16ClNO3S. The molecule has 4 nitrogen and oxygen atoms in total. The Kier molecular flexibility index (Phi) is 4.57. The molecule has 1 fully saturated rings. The number of furan rings is 1. The summed E-state index contributed by atoms with van der Waals surface area (Å²) in [4.78, 5) is 29.0. The van der Waals surface area contributed by atoms with Crippen LogP contribution in [0.3, 0.4) is 0 Å². The van der Waals surface area contributed by atoms with Crippen LogP contribution in [0, 0.1) is 5.92 Å². The number of rotatable bonds is 3. The fourth-order valence-electron chi connectivity index (χ4n) is 3.93. The number of carbonyl (C=O) groups excluding carboxylic acids is 2. The van der Waals surface area contributed by atoms with Crippen molar-refractivity contribution in [3.8, 4) is 0 Å². The lowest BCUT2D eigenvalue weighted by Crippen LogP contribution is -2.31. The third kappa shape index (κ3) is 3.11. The highest BCUT2D eigenvalue weighted by molar-refractivity contribution is 8.09. The fraction of sp³-hybridized carbons (Fsp3) is 0.130. The zero-order chi connectivity index (χ0) is 20.0. The number of amides is 2. The molecule has 1 aromatic heterocycles. The summed E-state index contributed by atoms with van der Waals surface area (Å²) in [7, 11) is 0. The number of imide groups is 1. The standard InChI is InChI=1S/C23H16ClNO3S/c24-15-8-10-16(11-9-15)25-22(26)20-17(18-7-4-12-28-18)13-19(29-21(20)23(25)27)14-5-2-1-3-6-14/h1-13,17,20-21H. The van der Waals surface area contributed by atoms with Gasteiger partial charge in [-0.05, 0) is 42.0 Å². The van der Waals surface area contributed by atoms with Crippen LogP contribution in [0.25, 0.3) is 4.91 Å². The maximum absolute atomic E-state index is 13.4. The van der Waals surface area contributed by atoms with Crippen molar-refractivity contribution in [2.45, 2.75) is 11.2 Å². The molecule has 0 aliphatic carbocycles. The number of thioether (sulfide) groups is 1. The summed E-state index contributed by atoms with van der Waals surface area (Å²) in [5.41, 5.74) is 1.57. The molecule has 3 aromatic rings. The third-order valence-corrected chi connectivity index (χ3v) is 6.91. The van der Waals surface area contributed by atoms with Gasteiger partial charge >= 0.3 is 0 Å². The van der Waals surface area contributed by atoms with E-state index in [2.05, 4.69) is 6.08 Å². The molecule has 2 aliphatic rings. The van der Waals surface area contributed by atoms with E-state index in [1.54, 1.807) is 36.6 Å². The van der Waals surface area contributed by atoms with Crippen LogP contribution in [0.5, 0.6) is 0 Å². The van der Waals surface area contributed by atoms with Gasteiger partial charge in [-0.3, -0.25) is 9.59 Å². The smallest absolute Gasteiger partial charge is 0.248 e. The van der Waals surface area contributed by atoms with Gasteiger partial charge in [0, 0.05) is 15.8 Å². The van der Waals surface area contributed by atoms with Crippen LogP contribution in [0.4, 0.5) is 5.69 Å². The van der Waals surface area contributed by atoms with Gasteiger partial charge in [0.25, 0.3) is 0 Å².